The molecule has 0 saturated carbocycles. The van der Waals surface area contributed by atoms with Crippen molar-refractivity contribution in [3.8, 4) is 0 Å². The van der Waals surface area contributed by atoms with Crippen LogP contribution in [0.2, 0.25) is 0 Å². The third-order valence-corrected chi connectivity index (χ3v) is 4.34. The van der Waals surface area contributed by atoms with E-state index in [2.05, 4.69) is 15.4 Å². The van der Waals surface area contributed by atoms with E-state index < -0.39 is 0 Å². The summed E-state index contributed by atoms with van der Waals surface area (Å²) in [6.07, 6.45) is 4.95. The third kappa shape index (κ3) is 3.99. The molecule has 1 N–H and O–H groups in total. The molecule has 0 bridgehead atoms. The molecule has 122 valence electrons. The molecule has 0 radical (unpaired) electrons. The molecule has 7 heteroatoms. The summed E-state index contributed by atoms with van der Waals surface area (Å²) in [4.78, 5) is 16.7. The summed E-state index contributed by atoms with van der Waals surface area (Å²) >= 11 is 1.43. The Bertz CT molecular complexity index is 848. The lowest BCUT2D eigenvalue weighted by atomic mass is 10.2. The normalized spacial score (nSPS) is 10.6. The largest absolute Gasteiger partial charge is 0.319 e. The van der Waals surface area contributed by atoms with Gasteiger partial charge in [-0.1, -0.05) is 12.1 Å². The second-order valence-corrected chi connectivity index (χ2v) is 6.09. The molecule has 0 atom stereocenters. The number of halogens is 1. The molecule has 3 aromatic rings. The number of hydrogen-bond acceptors (Lipinski definition) is 4. The van der Waals surface area contributed by atoms with Crippen molar-refractivity contribution in [3.63, 3.8) is 0 Å². The standard InChI is InChI=1S/C17H15FN4OS/c1-22-10-14(9-20-22)21-16(23)15-3-2-8-19-17(15)24-11-12-4-6-13(18)7-5-12/h2-10H,11H2,1H3,(H,21,23). The lowest BCUT2D eigenvalue weighted by Gasteiger charge is -2.08. The van der Waals surface area contributed by atoms with Crippen LogP contribution in [-0.4, -0.2) is 20.7 Å². The van der Waals surface area contributed by atoms with Gasteiger partial charge in [-0.2, -0.15) is 5.10 Å². The van der Waals surface area contributed by atoms with Crippen LogP contribution in [0.5, 0.6) is 0 Å². The average molecular weight is 342 g/mol. The van der Waals surface area contributed by atoms with Crippen LogP contribution in [0.3, 0.4) is 0 Å². The van der Waals surface area contributed by atoms with Gasteiger partial charge in [0, 0.05) is 25.2 Å². The van der Waals surface area contributed by atoms with Gasteiger partial charge in [0.2, 0.25) is 0 Å². The predicted octanol–water partition coefficient (Wildman–Crippen LogP) is 3.50. The van der Waals surface area contributed by atoms with E-state index in [9.17, 15) is 9.18 Å². The first-order valence-corrected chi connectivity index (χ1v) is 8.22. The molecule has 0 saturated heterocycles. The summed E-state index contributed by atoms with van der Waals surface area (Å²) in [5.74, 6) is 0.0978. The zero-order chi connectivity index (χ0) is 16.9. The van der Waals surface area contributed by atoms with Crippen molar-refractivity contribution in [1.29, 1.82) is 0 Å². The van der Waals surface area contributed by atoms with Gasteiger partial charge < -0.3 is 5.32 Å². The van der Waals surface area contributed by atoms with E-state index in [0.29, 0.717) is 22.0 Å². The fraction of sp³-hybridized carbons (Fsp3) is 0.118. The van der Waals surface area contributed by atoms with E-state index in [1.807, 2.05) is 0 Å². The highest BCUT2D eigenvalue weighted by Gasteiger charge is 2.13. The Kier molecular flexibility index (Phi) is 4.90. The molecule has 2 heterocycles. The average Bonchev–Trinajstić information content (AvgIpc) is 2.99. The van der Waals surface area contributed by atoms with Crippen molar-refractivity contribution in [2.24, 2.45) is 7.05 Å². The Morgan fingerprint density at radius 1 is 1.29 bits per heavy atom. The minimum Gasteiger partial charge on any atom is -0.319 e. The molecule has 0 unspecified atom stereocenters. The van der Waals surface area contributed by atoms with E-state index >= 15 is 0 Å². The lowest BCUT2D eigenvalue weighted by Crippen LogP contribution is -2.13. The van der Waals surface area contributed by atoms with Crippen LogP contribution in [0.4, 0.5) is 10.1 Å². The molecule has 1 amide bonds. The van der Waals surface area contributed by atoms with Crippen molar-refractivity contribution in [2.75, 3.05) is 5.32 Å². The van der Waals surface area contributed by atoms with Gasteiger partial charge in [-0.15, -0.1) is 11.8 Å². The maximum Gasteiger partial charge on any atom is 0.258 e. The molecular formula is C17H15FN4OS. The molecule has 1 aromatic carbocycles. The summed E-state index contributed by atoms with van der Waals surface area (Å²) in [6.45, 7) is 0. The number of nitrogens with one attached hydrogen (secondary N) is 1. The van der Waals surface area contributed by atoms with Crippen LogP contribution in [0.1, 0.15) is 15.9 Å². The van der Waals surface area contributed by atoms with Crippen molar-refractivity contribution >= 4 is 23.4 Å². The highest BCUT2D eigenvalue weighted by Crippen LogP contribution is 2.25. The Balaban J connectivity index is 1.72. The number of anilines is 1. The summed E-state index contributed by atoms with van der Waals surface area (Å²) in [5, 5.41) is 7.45. The van der Waals surface area contributed by atoms with E-state index in [4.69, 9.17) is 0 Å². The number of aryl methyl sites for hydroxylation is 1. The predicted molar refractivity (Wildman–Crippen MR) is 91.4 cm³/mol. The zero-order valence-corrected chi connectivity index (χ0v) is 13.8. The van der Waals surface area contributed by atoms with Crippen LogP contribution < -0.4 is 5.32 Å². The lowest BCUT2D eigenvalue weighted by molar-refractivity contribution is 0.102. The first-order chi connectivity index (χ1) is 11.6. The SMILES string of the molecule is Cn1cc(NC(=O)c2cccnc2SCc2ccc(F)cc2)cn1. The fourth-order valence-corrected chi connectivity index (χ4v) is 3.04. The molecule has 0 aliphatic heterocycles. The maximum atomic E-state index is 12.9. The van der Waals surface area contributed by atoms with E-state index in [1.54, 1.807) is 54.6 Å². The highest BCUT2D eigenvalue weighted by atomic mass is 32.2. The molecule has 0 fully saturated rings. The summed E-state index contributed by atoms with van der Waals surface area (Å²) in [6, 6.07) is 9.74. The maximum absolute atomic E-state index is 12.9. The van der Waals surface area contributed by atoms with Crippen molar-refractivity contribution < 1.29 is 9.18 Å². The van der Waals surface area contributed by atoms with Crippen LogP contribution in [0, 0.1) is 5.82 Å². The smallest absolute Gasteiger partial charge is 0.258 e. The Morgan fingerprint density at radius 3 is 2.79 bits per heavy atom. The summed E-state index contributed by atoms with van der Waals surface area (Å²) in [7, 11) is 1.78. The van der Waals surface area contributed by atoms with Gasteiger partial charge >= 0.3 is 0 Å². The quantitative estimate of drug-likeness (QED) is 0.721. The molecule has 24 heavy (non-hydrogen) atoms. The molecule has 0 aliphatic carbocycles. The molecule has 0 spiro atoms. The topological polar surface area (TPSA) is 59.8 Å². The number of carbonyl (C=O) groups is 1. The van der Waals surface area contributed by atoms with Gasteiger partial charge in [0.05, 0.1) is 17.4 Å². The third-order valence-electron chi connectivity index (χ3n) is 3.27. The first-order valence-electron chi connectivity index (χ1n) is 7.24. The van der Waals surface area contributed by atoms with E-state index in [-0.39, 0.29) is 11.7 Å². The minimum atomic E-state index is -0.266. The minimum absolute atomic E-state index is 0.238. The number of pyridine rings is 1. The number of rotatable bonds is 5. The number of carbonyl (C=O) groups excluding carboxylic acids is 1. The highest BCUT2D eigenvalue weighted by molar-refractivity contribution is 7.98. The van der Waals surface area contributed by atoms with Gasteiger partial charge in [0.15, 0.2) is 0 Å². The molecule has 3 rings (SSSR count). The number of benzene rings is 1. The van der Waals surface area contributed by atoms with Gasteiger partial charge in [-0.25, -0.2) is 9.37 Å². The molecule has 5 nitrogen and oxygen atoms in total. The summed E-state index contributed by atoms with van der Waals surface area (Å²) in [5.41, 5.74) is 2.08. The van der Waals surface area contributed by atoms with Gasteiger partial charge in [-0.05, 0) is 29.8 Å². The molecular weight excluding hydrogens is 327 g/mol. The number of hydrogen-bond donors (Lipinski definition) is 1. The molecule has 2 aromatic heterocycles. The van der Waals surface area contributed by atoms with Crippen molar-refractivity contribution in [3.05, 3.63) is 71.9 Å². The fourth-order valence-electron chi connectivity index (χ4n) is 2.10. The van der Waals surface area contributed by atoms with Crippen LogP contribution in [0.15, 0.2) is 60.0 Å². The second-order valence-electron chi connectivity index (χ2n) is 5.13. The van der Waals surface area contributed by atoms with Crippen molar-refractivity contribution in [2.45, 2.75) is 10.8 Å². The van der Waals surface area contributed by atoms with Crippen LogP contribution in [-0.2, 0) is 12.8 Å². The second kappa shape index (κ2) is 7.27. The van der Waals surface area contributed by atoms with Gasteiger partial charge in [0.25, 0.3) is 5.91 Å². The van der Waals surface area contributed by atoms with E-state index in [0.717, 1.165) is 5.56 Å². The van der Waals surface area contributed by atoms with Gasteiger partial charge in [-0.3, -0.25) is 9.48 Å². The van der Waals surface area contributed by atoms with Crippen LogP contribution in [0.25, 0.3) is 0 Å². The number of thioether (sulfide) groups is 1. The zero-order valence-electron chi connectivity index (χ0n) is 12.9. The molecule has 0 aliphatic rings. The Hall–Kier alpha value is -2.67. The Morgan fingerprint density at radius 2 is 2.08 bits per heavy atom. The number of aromatic nitrogens is 3. The van der Waals surface area contributed by atoms with Crippen LogP contribution >= 0.6 is 11.8 Å². The number of nitrogens with zero attached hydrogens (tertiary/aromatic N) is 3. The van der Waals surface area contributed by atoms with E-state index in [1.165, 1.54) is 23.9 Å². The Labute approximate surface area is 142 Å². The van der Waals surface area contributed by atoms with Crippen molar-refractivity contribution in [1.82, 2.24) is 14.8 Å². The van der Waals surface area contributed by atoms with Gasteiger partial charge in [0.1, 0.15) is 10.8 Å². The number of amides is 1. The monoisotopic (exact) mass is 342 g/mol. The first kappa shape index (κ1) is 16.2. The summed E-state index contributed by atoms with van der Waals surface area (Å²) < 4.78 is 14.6.